The van der Waals surface area contributed by atoms with E-state index in [9.17, 15) is 9.59 Å². The van der Waals surface area contributed by atoms with Gasteiger partial charge in [0.2, 0.25) is 0 Å². The number of rotatable bonds is 4. The van der Waals surface area contributed by atoms with Crippen molar-refractivity contribution in [1.29, 1.82) is 0 Å². The number of para-hydroxylation sites is 1. The molecule has 146 valence electrons. The summed E-state index contributed by atoms with van der Waals surface area (Å²) in [6.07, 6.45) is 2.07. The van der Waals surface area contributed by atoms with E-state index in [2.05, 4.69) is 26.8 Å². The van der Waals surface area contributed by atoms with Crippen molar-refractivity contribution in [2.24, 2.45) is 23.2 Å². The number of hydrogen-bond acceptors (Lipinski definition) is 5. The van der Waals surface area contributed by atoms with Crippen LogP contribution in [0.25, 0.3) is 0 Å². The van der Waals surface area contributed by atoms with E-state index >= 15 is 0 Å². The molecule has 0 N–H and O–H groups in total. The van der Waals surface area contributed by atoms with Crippen LogP contribution in [0.2, 0.25) is 0 Å². The molecule has 1 aliphatic carbocycles. The molecule has 27 heavy (non-hydrogen) atoms. The van der Waals surface area contributed by atoms with E-state index < -0.39 is 0 Å². The van der Waals surface area contributed by atoms with Gasteiger partial charge in [0.05, 0.1) is 19.3 Å². The zero-order chi connectivity index (χ0) is 19.8. The van der Waals surface area contributed by atoms with Gasteiger partial charge in [0.1, 0.15) is 5.75 Å². The van der Waals surface area contributed by atoms with Crippen LogP contribution < -0.4 is 4.74 Å². The SMILES string of the molecule is CC(=O)OC[C@@]12CO[C@H](c3ccccc3OC(C)=O)[C@@H](C(C)=C[C@@H]1C)[C@@H]2C. The zero-order valence-corrected chi connectivity index (χ0v) is 16.7. The van der Waals surface area contributed by atoms with Gasteiger partial charge in [0.25, 0.3) is 0 Å². The van der Waals surface area contributed by atoms with Crippen molar-refractivity contribution < 1.29 is 23.8 Å². The van der Waals surface area contributed by atoms with Gasteiger partial charge in [-0.3, -0.25) is 9.59 Å². The van der Waals surface area contributed by atoms with Gasteiger partial charge < -0.3 is 14.2 Å². The molecular formula is C22H28O5. The Kier molecular flexibility index (Phi) is 5.43. The van der Waals surface area contributed by atoms with Crippen LogP contribution in [-0.4, -0.2) is 25.2 Å². The molecule has 0 amide bonds. The molecule has 0 saturated carbocycles. The van der Waals surface area contributed by atoms with Gasteiger partial charge in [0.15, 0.2) is 0 Å². The van der Waals surface area contributed by atoms with Crippen molar-refractivity contribution in [2.45, 2.75) is 40.7 Å². The second-order valence-electron chi connectivity index (χ2n) is 7.89. The van der Waals surface area contributed by atoms with Crippen LogP contribution in [0.4, 0.5) is 0 Å². The molecule has 5 nitrogen and oxygen atoms in total. The molecule has 2 aliphatic rings. The van der Waals surface area contributed by atoms with Crippen LogP contribution in [0, 0.1) is 23.2 Å². The molecule has 1 heterocycles. The summed E-state index contributed by atoms with van der Waals surface area (Å²) >= 11 is 0. The van der Waals surface area contributed by atoms with Crippen LogP contribution in [-0.2, 0) is 19.1 Å². The Morgan fingerprint density at radius 1 is 1.19 bits per heavy atom. The quantitative estimate of drug-likeness (QED) is 0.453. The maximum Gasteiger partial charge on any atom is 0.308 e. The molecule has 0 aromatic heterocycles. The highest BCUT2D eigenvalue weighted by atomic mass is 16.5. The lowest BCUT2D eigenvalue weighted by atomic mass is 9.56. The van der Waals surface area contributed by atoms with Gasteiger partial charge in [0, 0.05) is 30.7 Å². The summed E-state index contributed by atoms with van der Waals surface area (Å²) in [5, 5.41) is 0. The van der Waals surface area contributed by atoms with Gasteiger partial charge in [-0.05, 0) is 24.8 Å². The molecule has 1 aromatic carbocycles. The van der Waals surface area contributed by atoms with Crippen molar-refractivity contribution in [3.05, 3.63) is 41.5 Å². The summed E-state index contributed by atoms with van der Waals surface area (Å²) in [6, 6.07) is 7.54. The Morgan fingerprint density at radius 3 is 2.56 bits per heavy atom. The van der Waals surface area contributed by atoms with Gasteiger partial charge in [-0.25, -0.2) is 0 Å². The maximum absolute atomic E-state index is 11.5. The average molecular weight is 372 g/mol. The summed E-state index contributed by atoms with van der Waals surface area (Å²) in [5.41, 5.74) is 1.90. The summed E-state index contributed by atoms with van der Waals surface area (Å²) in [5.74, 6) is 0.547. The standard InChI is InChI=1S/C22H28O5/c1-13-10-14(2)22(11-25-16(4)23)12-26-21(20(13)15(22)3)18-8-6-7-9-19(18)27-17(5)24/h6-10,14-15,20-21H,11-12H2,1-5H3/t14-,15-,20-,21+,22+/m0/s1. The normalized spacial score (nSPS) is 32.4. The number of benzene rings is 1. The predicted octanol–water partition coefficient (Wildman–Crippen LogP) is 4.08. The van der Waals surface area contributed by atoms with Crippen molar-refractivity contribution >= 4 is 11.9 Å². The largest absolute Gasteiger partial charge is 0.465 e. The monoisotopic (exact) mass is 372 g/mol. The zero-order valence-electron chi connectivity index (χ0n) is 16.7. The lowest BCUT2D eigenvalue weighted by molar-refractivity contribution is -0.180. The van der Waals surface area contributed by atoms with Crippen molar-refractivity contribution in [1.82, 2.24) is 0 Å². The number of allylic oxidation sites excluding steroid dienone is 1. The van der Waals surface area contributed by atoms with Crippen molar-refractivity contribution in [2.75, 3.05) is 13.2 Å². The second-order valence-corrected chi connectivity index (χ2v) is 7.89. The van der Waals surface area contributed by atoms with Gasteiger partial charge in [-0.2, -0.15) is 0 Å². The molecule has 3 rings (SSSR count). The van der Waals surface area contributed by atoms with Crippen LogP contribution in [0.1, 0.15) is 46.3 Å². The number of ether oxygens (including phenoxy) is 3. The molecule has 0 radical (unpaired) electrons. The molecule has 0 unspecified atom stereocenters. The van der Waals surface area contributed by atoms with Gasteiger partial charge in [-0.1, -0.05) is 43.7 Å². The molecule has 1 aromatic rings. The molecule has 5 heteroatoms. The molecule has 2 bridgehead atoms. The Hall–Kier alpha value is -2.14. The third-order valence-corrected chi connectivity index (χ3v) is 6.27. The van der Waals surface area contributed by atoms with E-state index in [-0.39, 0.29) is 41.2 Å². The maximum atomic E-state index is 11.5. The predicted molar refractivity (Wildman–Crippen MR) is 101 cm³/mol. The van der Waals surface area contributed by atoms with Gasteiger partial charge >= 0.3 is 11.9 Å². The van der Waals surface area contributed by atoms with Crippen LogP contribution >= 0.6 is 0 Å². The van der Waals surface area contributed by atoms with Crippen molar-refractivity contribution in [3.8, 4) is 5.75 Å². The number of esters is 2. The summed E-state index contributed by atoms with van der Waals surface area (Å²) in [6.45, 7) is 10.2. The lowest BCUT2D eigenvalue weighted by Gasteiger charge is -2.55. The summed E-state index contributed by atoms with van der Waals surface area (Å²) in [7, 11) is 0. The fourth-order valence-electron chi connectivity index (χ4n) is 4.74. The minimum atomic E-state index is -0.347. The topological polar surface area (TPSA) is 61.8 Å². The molecule has 0 spiro atoms. The van der Waals surface area contributed by atoms with Crippen LogP contribution in [0.3, 0.4) is 0 Å². The Morgan fingerprint density at radius 2 is 1.89 bits per heavy atom. The van der Waals surface area contributed by atoms with E-state index in [1.807, 2.05) is 18.2 Å². The first-order valence-electron chi connectivity index (χ1n) is 9.47. The number of carbonyl (C=O) groups excluding carboxylic acids is 2. The summed E-state index contributed by atoms with van der Waals surface area (Å²) in [4.78, 5) is 22.9. The third kappa shape index (κ3) is 3.53. The van der Waals surface area contributed by atoms with E-state index in [1.165, 1.54) is 19.4 Å². The van der Waals surface area contributed by atoms with E-state index in [1.54, 1.807) is 6.07 Å². The molecule has 1 fully saturated rings. The van der Waals surface area contributed by atoms with Crippen LogP contribution in [0.15, 0.2) is 35.9 Å². The van der Waals surface area contributed by atoms with Crippen LogP contribution in [0.5, 0.6) is 5.75 Å². The van der Waals surface area contributed by atoms with E-state index in [4.69, 9.17) is 14.2 Å². The lowest BCUT2D eigenvalue weighted by Crippen LogP contribution is -2.54. The molecule has 5 atom stereocenters. The Balaban J connectivity index is 1.98. The fourth-order valence-corrected chi connectivity index (χ4v) is 4.74. The highest BCUT2D eigenvalue weighted by molar-refractivity contribution is 5.70. The highest BCUT2D eigenvalue weighted by Crippen LogP contribution is 2.57. The van der Waals surface area contributed by atoms with E-state index in [0.717, 1.165) is 5.56 Å². The first-order chi connectivity index (χ1) is 12.8. The smallest absolute Gasteiger partial charge is 0.308 e. The van der Waals surface area contributed by atoms with Crippen molar-refractivity contribution in [3.63, 3.8) is 0 Å². The molecule has 1 aliphatic heterocycles. The fraction of sp³-hybridized carbons (Fsp3) is 0.545. The number of hydrogen-bond donors (Lipinski definition) is 0. The number of carbonyl (C=O) groups is 2. The van der Waals surface area contributed by atoms with Gasteiger partial charge in [-0.15, -0.1) is 0 Å². The first kappa shape index (κ1) is 19.6. The third-order valence-electron chi connectivity index (χ3n) is 6.27. The minimum Gasteiger partial charge on any atom is -0.465 e. The minimum absolute atomic E-state index is 0.127. The number of fused-ring (bicyclic) bond motifs is 2. The molecule has 1 saturated heterocycles. The second kappa shape index (κ2) is 7.47. The molecular weight excluding hydrogens is 344 g/mol. The first-order valence-corrected chi connectivity index (χ1v) is 9.47. The summed E-state index contributed by atoms with van der Waals surface area (Å²) < 4.78 is 17.2. The Bertz CT molecular complexity index is 768. The highest BCUT2D eigenvalue weighted by Gasteiger charge is 2.54. The van der Waals surface area contributed by atoms with E-state index in [0.29, 0.717) is 19.0 Å². The average Bonchev–Trinajstić information content (AvgIpc) is 2.59. The Labute approximate surface area is 160 Å².